The van der Waals surface area contributed by atoms with Crippen LogP contribution >= 0.6 is 0 Å². The van der Waals surface area contributed by atoms with Crippen molar-refractivity contribution in [2.24, 2.45) is 0 Å². The zero-order valence-electron chi connectivity index (χ0n) is 10.8. The van der Waals surface area contributed by atoms with Gasteiger partial charge in [0, 0.05) is 17.9 Å². The van der Waals surface area contributed by atoms with Gasteiger partial charge in [0.1, 0.15) is 0 Å². The molecule has 1 saturated heterocycles. The van der Waals surface area contributed by atoms with Gasteiger partial charge < -0.3 is 25.6 Å². The largest absolute Gasteiger partial charge is 0.478 e. The summed E-state index contributed by atoms with van der Waals surface area (Å²) < 4.78 is 5.31. The normalized spacial score (nSPS) is 19.5. The van der Waals surface area contributed by atoms with E-state index >= 15 is 0 Å². The van der Waals surface area contributed by atoms with E-state index in [0.717, 1.165) is 11.3 Å². The third kappa shape index (κ3) is 2.64. The number of ether oxygens (including phenoxy) is 1. The second-order valence-electron chi connectivity index (χ2n) is 4.63. The predicted octanol–water partition coefficient (Wildman–Crippen LogP) is 0.473. The molecule has 4 N–H and O–H groups in total. The van der Waals surface area contributed by atoms with Crippen molar-refractivity contribution in [2.45, 2.75) is 13.0 Å². The second kappa shape index (κ2) is 5.46. The second-order valence-corrected chi connectivity index (χ2v) is 4.63. The first-order chi connectivity index (χ1) is 9.04. The highest BCUT2D eigenvalue weighted by Crippen LogP contribution is 2.27. The van der Waals surface area contributed by atoms with Gasteiger partial charge >= 0.3 is 5.97 Å². The number of carboxylic acid groups (broad SMARTS) is 1. The van der Waals surface area contributed by atoms with Crippen LogP contribution in [0.3, 0.4) is 0 Å². The van der Waals surface area contributed by atoms with Crippen molar-refractivity contribution in [3.63, 3.8) is 0 Å². The van der Waals surface area contributed by atoms with E-state index in [0.29, 0.717) is 19.8 Å². The Morgan fingerprint density at radius 3 is 2.95 bits per heavy atom. The Morgan fingerprint density at radius 2 is 2.32 bits per heavy atom. The maximum atomic E-state index is 11.2. The predicted molar refractivity (Wildman–Crippen MR) is 71.6 cm³/mol. The van der Waals surface area contributed by atoms with Gasteiger partial charge in [-0.25, -0.2) is 4.79 Å². The summed E-state index contributed by atoms with van der Waals surface area (Å²) in [5.74, 6) is -1.05. The van der Waals surface area contributed by atoms with Gasteiger partial charge in [0.25, 0.3) is 0 Å². The maximum Gasteiger partial charge on any atom is 0.337 e. The van der Waals surface area contributed by atoms with Gasteiger partial charge in [0.05, 0.1) is 31.4 Å². The number of aromatic carboxylic acids is 1. The van der Waals surface area contributed by atoms with Gasteiger partial charge in [-0.15, -0.1) is 0 Å². The summed E-state index contributed by atoms with van der Waals surface area (Å²) in [6.07, 6.45) is 0. The number of hydrogen-bond donors (Lipinski definition) is 3. The molecule has 0 spiro atoms. The lowest BCUT2D eigenvalue weighted by molar-refractivity contribution is 0.0697. The van der Waals surface area contributed by atoms with Crippen molar-refractivity contribution < 1.29 is 19.7 Å². The average Bonchev–Trinajstić information content (AvgIpc) is 2.41. The molecule has 6 heteroatoms. The van der Waals surface area contributed by atoms with Gasteiger partial charge in [-0.3, -0.25) is 0 Å². The molecular formula is C13H18N2O4. The lowest BCUT2D eigenvalue weighted by atomic mass is 10.0. The van der Waals surface area contributed by atoms with E-state index in [1.165, 1.54) is 0 Å². The molecular weight excluding hydrogens is 248 g/mol. The van der Waals surface area contributed by atoms with Crippen LogP contribution in [-0.4, -0.2) is 48.6 Å². The molecule has 0 aromatic heterocycles. The molecule has 1 fully saturated rings. The molecule has 1 aliphatic rings. The van der Waals surface area contributed by atoms with Crippen LogP contribution in [0.25, 0.3) is 0 Å². The topological polar surface area (TPSA) is 96.0 Å². The first-order valence-corrected chi connectivity index (χ1v) is 6.13. The zero-order valence-corrected chi connectivity index (χ0v) is 10.8. The van der Waals surface area contributed by atoms with Crippen molar-refractivity contribution in [3.8, 4) is 0 Å². The van der Waals surface area contributed by atoms with E-state index in [9.17, 15) is 9.90 Å². The van der Waals surface area contributed by atoms with Gasteiger partial charge in [-0.1, -0.05) is 0 Å². The fraction of sp³-hybridized carbons (Fsp3) is 0.462. The number of rotatable bonds is 3. The summed E-state index contributed by atoms with van der Waals surface area (Å²) >= 11 is 0. The van der Waals surface area contributed by atoms with Gasteiger partial charge in [-0.2, -0.15) is 0 Å². The maximum absolute atomic E-state index is 11.2. The number of carboxylic acids is 1. The first-order valence-electron chi connectivity index (χ1n) is 6.13. The Kier molecular flexibility index (Phi) is 3.92. The van der Waals surface area contributed by atoms with Gasteiger partial charge in [0.2, 0.25) is 0 Å². The fourth-order valence-corrected chi connectivity index (χ4v) is 2.27. The minimum atomic E-state index is -1.05. The quantitative estimate of drug-likeness (QED) is 0.688. The molecule has 1 atom stereocenters. The molecule has 1 heterocycles. The summed E-state index contributed by atoms with van der Waals surface area (Å²) in [7, 11) is 0. The van der Waals surface area contributed by atoms with E-state index < -0.39 is 5.97 Å². The summed E-state index contributed by atoms with van der Waals surface area (Å²) in [6.45, 7) is 3.35. The molecule has 104 valence electrons. The Balaban J connectivity index is 2.41. The highest BCUT2D eigenvalue weighted by molar-refractivity contribution is 5.95. The molecule has 6 nitrogen and oxygen atoms in total. The number of nitrogens with two attached hydrogens (primary N) is 1. The minimum Gasteiger partial charge on any atom is -0.478 e. The molecule has 1 aliphatic heterocycles. The smallest absolute Gasteiger partial charge is 0.337 e. The van der Waals surface area contributed by atoms with Crippen LogP contribution in [-0.2, 0) is 4.74 Å². The Bertz CT molecular complexity index is 490. The summed E-state index contributed by atoms with van der Waals surface area (Å²) in [5, 5.41) is 18.5. The number of anilines is 2. The Labute approximate surface area is 111 Å². The summed E-state index contributed by atoms with van der Waals surface area (Å²) in [5.41, 5.74) is 7.63. The number of aliphatic hydroxyl groups excluding tert-OH is 1. The van der Waals surface area contributed by atoms with Gasteiger partial charge in [0.15, 0.2) is 0 Å². The lowest BCUT2D eigenvalue weighted by Crippen LogP contribution is -2.47. The van der Waals surface area contributed by atoms with Crippen molar-refractivity contribution in [1.29, 1.82) is 0 Å². The highest BCUT2D eigenvalue weighted by atomic mass is 16.5. The number of carbonyl (C=O) groups is 1. The first kappa shape index (κ1) is 13.6. The average molecular weight is 266 g/mol. The van der Waals surface area contributed by atoms with E-state index in [2.05, 4.69) is 0 Å². The third-order valence-corrected chi connectivity index (χ3v) is 3.37. The number of hydrogen-bond acceptors (Lipinski definition) is 5. The van der Waals surface area contributed by atoms with Crippen LogP contribution in [0.15, 0.2) is 12.1 Å². The molecule has 0 bridgehead atoms. The molecule has 2 rings (SSSR count). The van der Waals surface area contributed by atoms with Crippen molar-refractivity contribution in [1.82, 2.24) is 0 Å². The van der Waals surface area contributed by atoms with Crippen LogP contribution in [0.4, 0.5) is 11.4 Å². The molecule has 1 unspecified atom stereocenters. The number of aliphatic hydroxyl groups is 1. The Hall–Kier alpha value is -1.79. The molecule has 0 aliphatic carbocycles. The highest BCUT2D eigenvalue weighted by Gasteiger charge is 2.24. The number of benzene rings is 1. The lowest BCUT2D eigenvalue weighted by Gasteiger charge is -2.36. The molecule has 0 amide bonds. The SMILES string of the molecule is Cc1cc(N2CCOCC2CO)cc(C(=O)O)c1N. The van der Waals surface area contributed by atoms with E-state index in [1.54, 1.807) is 13.0 Å². The van der Waals surface area contributed by atoms with Crippen LogP contribution in [0.1, 0.15) is 15.9 Å². The van der Waals surface area contributed by atoms with Crippen LogP contribution in [0.5, 0.6) is 0 Å². The van der Waals surface area contributed by atoms with Gasteiger partial charge in [-0.05, 0) is 24.6 Å². The van der Waals surface area contributed by atoms with E-state index in [1.807, 2.05) is 11.0 Å². The van der Waals surface area contributed by atoms with Crippen LogP contribution in [0.2, 0.25) is 0 Å². The summed E-state index contributed by atoms with van der Waals surface area (Å²) in [4.78, 5) is 13.1. The molecule has 1 aromatic rings. The minimum absolute atomic E-state index is 0.0359. The molecule has 0 radical (unpaired) electrons. The fourth-order valence-electron chi connectivity index (χ4n) is 2.27. The number of nitrogen functional groups attached to an aromatic ring is 1. The molecule has 1 aromatic carbocycles. The number of aryl methyl sites for hydroxylation is 1. The number of nitrogens with zero attached hydrogens (tertiary/aromatic N) is 1. The van der Waals surface area contributed by atoms with E-state index in [4.69, 9.17) is 15.6 Å². The third-order valence-electron chi connectivity index (χ3n) is 3.37. The van der Waals surface area contributed by atoms with E-state index in [-0.39, 0.29) is 23.9 Å². The van der Waals surface area contributed by atoms with Crippen molar-refractivity contribution >= 4 is 17.3 Å². The molecule has 19 heavy (non-hydrogen) atoms. The monoisotopic (exact) mass is 266 g/mol. The Morgan fingerprint density at radius 1 is 1.58 bits per heavy atom. The molecule has 0 saturated carbocycles. The van der Waals surface area contributed by atoms with Crippen molar-refractivity contribution in [2.75, 3.05) is 37.0 Å². The van der Waals surface area contributed by atoms with Crippen LogP contribution < -0.4 is 10.6 Å². The van der Waals surface area contributed by atoms with Crippen molar-refractivity contribution in [3.05, 3.63) is 23.3 Å². The zero-order chi connectivity index (χ0) is 14.0. The van der Waals surface area contributed by atoms with Crippen LogP contribution in [0, 0.1) is 6.92 Å². The summed E-state index contributed by atoms with van der Waals surface area (Å²) in [6, 6.07) is 3.24. The standard InChI is InChI=1S/C13H18N2O4/c1-8-4-9(5-11(12(8)14)13(17)18)15-2-3-19-7-10(15)6-16/h4-5,10,16H,2-3,6-7,14H2,1H3,(H,17,18). The number of morpholine rings is 1.